The molecule has 2 rings (SSSR count). The molecule has 0 aromatic heterocycles. The number of hydrogen-bond donors (Lipinski definition) is 1. The van der Waals surface area contributed by atoms with Crippen molar-refractivity contribution in [2.24, 2.45) is 11.3 Å². The van der Waals surface area contributed by atoms with Crippen molar-refractivity contribution in [1.29, 1.82) is 0 Å². The average molecular weight is 241 g/mol. The van der Waals surface area contributed by atoms with Gasteiger partial charge in [0.1, 0.15) is 5.72 Å². The second-order valence-electron chi connectivity index (χ2n) is 6.58. The van der Waals surface area contributed by atoms with Gasteiger partial charge in [0.25, 0.3) is 0 Å². The maximum atomic E-state index is 6.48. The Balaban J connectivity index is 2.11. The molecule has 0 radical (unpaired) electrons. The molecule has 100 valence electrons. The fraction of sp³-hybridized carbons (Fsp3) is 1.00. The topological polar surface area (TPSA) is 30.5 Å². The third-order valence-electron chi connectivity index (χ3n) is 4.11. The lowest BCUT2D eigenvalue weighted by Crippen LogP contribution is -2.62. The zero-order valence-electron chi connectivity index (χ0n) is 11.7. The molecule has 2 atom stereocenters. The van der Waals surface area contributed by atoms with E-state index in [0.717, 1.165) is 39.0 Å². The van der Waals surface area contributed by atoms with E-state index < -0.39 is 0 Å². The molecule has 0 aromatic rings. The van der Waals surface area contributed by atoms with Crippen molar-refractivity contribution in [3.05, 3.63) is 0 Å². The zero-order chi connectivity index (χ0) is 12.5. The summed E-state index contributed by atoms with van der Waals surface area (Å²) < 4.78 is 12.0. The summed E-state index contributed by atoms with van der Waals surface area (Å²) in [5.74, 6) is 0.563. The lowest BCUT2D eigenvalue weighted by molar-refractivity contribution is -0.208. The Hall–Kier alpha value is -0.120. The Labute approximate surface area is 105 Å². The Bertz CT molecular complexity index is 255. The molecular weight excluding hydrogens is 214 g/mol. The third-order valence-corrected chi connectivity index (χ3v) is 4.11. The summed E-state index contributed by atoms with van der Waals surface area (Å²) in [6, 6.07) is 0. The molecule has 0 amide bonds. The minimum absolute atomic E-state index is 0.124. The number of ether oxygens (including phenoxy) is 2. The molecule has 2 aliphatic rings. The van der Waals surface area contributed by atoms with E-state index in [4.69, 9.17) is 9.47 Å². The highest BCUT2D eigenvalue weighted by molar-refractivity contribution is 4.95. The normalized spacial score (nSPS) is 38.3. The fourth-order valence-electron chi connectivity index (χ4n) is 3.19. The predicted molar refractivity (Wildman–Crippen MR) is 68.9 cm³/mol. The molecule has 1 spiro atoms. The van der Waals surface area contributed by atoms with Crippen LogP contribution in [0.5, 0.6) is 0 Å². The van der Waals surface area contributed by atoms with Gasteiger partial charge in [-0.15, -0.1) is 0 Å². The van der Waals surface area contributed by atoms with Crippen LogP contribution in [0, 0.1) is 11.3 Å². The second-order valence-corrected chi connectivity index (χ2v) is 6.58. The largest absolute Gasteiger partial charge is 0.381 e. The molecule has 2 heterocycles. The lowest BCUT2D eigenvalue weighted by Gasteiger charge is -2.51. The van der Waals surface area contributed by atoms with Crippen LogP contribution in [-0.4, -0.2) is 31.6 Å². The Morgan fingerprint density at radius 1 is 1.18 bits per heavy atom. The number of rotatable bonds is 1. The van der Waals surface area contributed by atoms with Gasteiger partial charge >= 0.3 is 0 Å². The van der Waals surface area contributed by atoms with Crippen LogP contribution in [0.15, 0.2) is 0 Å². The first-order valence-corrected chi connectivity index (χ1v) is 6.96. The van der Waals surface area contributed by atoms with E-state index in [0.29, 0.717) is 12.0 Å². The van der Waals surface area contributed by atoms with E-state index in [1.807, 2.05) is 0 Å². The molecule has 3 nitrogen and oxygen atoms in total. The smallest absolute Gasteiger partial charge is 0.121 e. The van der Waals surface area contributed by atoms with Crippen LogP contribution in [0.2, 0.25) is 0 Å². The summed E-state index contributed by atoms with van der Waals surface area (Å²) in [5.41, 5.74) is 0.0908. The Kier molecular flexibility index (Phi) is 3.81. The zero-order valence-corrected chi connectivity index (χ0v) is 11.7. The van der Waals surface area contributed by atoms with E-state index in [1.54, 1.807) is 0 Å². The van der Waals surface area contributed by atoms with Crippen LogP contribution in [0.1, 0.15) is 47.0 Å². The van der Waals surface area contributed by atoms with Crippen LogP contribution in [0.25, 0.3) is 0 Å². The quantitative estimate of drug-likeness (QED) is 0.765. The van der Waals surface area contributed by atoms with Gasteiger partial charge in [0.15, 0.2) is 0 Å². The maximum Gasteiger partial charge on any atom is 0.121 e. The standard InChI is InChI=1S/C14H27NO2/c1-11(2)12-13(3,4)10-15-14(17-12)6-5-8-16-9-7-14/h11-12,15H,5-10H2,1-4H3. The first-order valence-electron chi connectivity index (χ1n) is 6.96. The van der Waals surface area contributed by atoms with Crippen molar-refractivity contribution in [1.82, 2.24) is 5.32 Å². The van der Waals surface area contributed by atoms with Crippen LogP contribution in [0.4, 0.5) is 0 Å². The molecule has 17 heavy (non-hydrogen) atoms. The van der Waals surface area contributed by atoms with Gasteiger partial charge in [-0.2, -0.15) is 0 Å². The van der Waals surface area contributed by atoms with Crippen molar-refractivity contribution in [2.75, 3.05) is 19.8 Å². The predicted octanol–water partition coefficient (Wildman–Crippen LogP) is 2.55. The van der Waals surface area contributed by atoms with E-state index >= 15 is 0 Å². The van der Waals surface area contributed by atoms with Gasteiger partial charge in [0.2, 0.25) is 0 Å². The molecule has 0 bridgehead atoms. The van der Waals surface area contributed by atoms with Crippen molar-refractivity contribution in [3.8, 4) is 0 Å². The van der Waals surface area contributed by atoms with E-state index in [9.17, 15) is 0 Å². The minimum atomic E-state index is -0.124. The number of hydrogen-bond acceptors (Lipinski definition) is 3. The summed E-state index contributed by atoms with van der Waals surface area (Å²) in [5, 5.41) is 3.65. The van der Waals surface area contributed by atoms with Crippen molar-refractivity contribution < 1.29 is 9.47 Å². The van der Waals surface area contributed by atoms with Gasteiger partial charge in [0.05, 0.1) is 12.7 Å². The molecule has 2 saturated heterocycles. The molecule has 3 heteroatoms. The highest BCUT2D eigenvalue weighted by Gasteiger charge is 2.46. The van der Waals surface area contributed by atoms with Gasteiger partial charge in [0, 0.05) is 25.0 Å². The highest BCUT2D eigenvalue weighted by atomic mass is 16.5. The van der Waals surface area contributed by atoms with Crippen LogP contribution < -0.4 is 5.32 Å². The van der Waals surface area contributed by atoms with Gasteiger partial charge in [-0.3, -0.25) is 5.32 Å². The summed E-state index contributed by atoms with van der Waals surface area (Å²) in [6.07, 6.45) is 3.48. The SMILES string of the molecule is CC(C)C1OC2(CCCOCC2)NCC1(C)C. The fourth-order valence-corrected chi connectivity index (χ4v) is 3.19. The molecule has 2 unspecified atom stereocenters. The molecule has 2 aliphatic heterocycles. The third kappa shape index (κ3) is 2.83. The Morgan fingerprint density at radius 3 is 2.65 bits per heavy atom. The molecular formula is C14H27NO2. The van der Waals surface area contributed by atoms with Crippen molar-refractivity contribution in [2.45, 2.75) is 58.8 Å². The summed E-state index contributed by atoms with van der Waals surface area (Å²) >= 11 is 0. The summed E-state index contributed by atoms with van der Waals surface area (Å²) in [6.45, 7) is 11.9. The monoisotopic (exact) mass is 241 g/mol. The van der Waals surface area contributed by atoms with Crippen LogP contribution in [0.3, 0.4) is 0 Å². The molecule has 1 N–H and O–H groups in total. The van der Waals surface area contributed by atoms with Gasteiger partial charge < -0.3 is 9.47 Å². The first-order chi connectivity index (χ1) is 7.95. The minimum Gasteiger partial charge on any atom is -0.381 e. The van der Waals surface area contributed by atoms with Gasteiger partial charge in [-0.1, -0.05) is 27.7 Å². The maximum absolute atomic E-state index is 6.48. The number of nitrogens with one attached hydrogen (secondary N) is 1. The van der Waals surface area contributed by atoms with E-state index in [-0.39, 0.29) is 11.1 Å². The van der Waals surface area contributed by atoms with Crippen molar-refractivity contribution >= 4 is 0 Å². The van der Waals surface area contributed by atoms with Crippen LogP contribution >= 0.6 is 0 Å². The molecule has 2 fully saturated rings. The molecule has 0 aromatic carbocycles. The van der Waals surface area contributed by atoms with Gasteiger partial charge in [-0.05, 0) is 18.8 Å². The van der Waals surface area contributed by atoms with E-state index in [1.165, 1.54) is 0 Å². The van der Waals surface area contributed by atoms with Crippen molar-refractivity contribution in [3.63, 3.8) is 0 Å². The molecule has 0 aliphatic carbocycles. The lowest BCUT2D eigenvalue weighted by atomic mass is 9.78. The second kappa shape index (κ2) is 4.87. The Morgan fingerprint density at radius 2 is 1.94 bits per heavy atom. The van der Waals surface area contributed by atoms with E-state index in [2.05, 4.69) is 33.0 Å². The first kappa shape index (κ1) is 13.3. The van der Waals surface area contributed by atoms with Crippen LogP contribution in [-0.2, 0) is 9.47 Å². The summed E-state index contributed by atoms with van der Waals surface area (Å²) in [4.78, 5) is 0. The average Bonchev–Trinajstić information content (AvgIpc) is 2.48. The molecule has 0 saturated carbocycles. The highest BCUT2D eigenvalue weighted by Crippen LogP contribution is 2.39. The van der Waals surface area contributed by atoms with Gasteiger partial charge in [-0.25, -0.2) is 0 Å². The summed E-state index contributed by atoms with van der Waals surface area (Å²) in [7, 11) is 0.